The van der Waals surface area contributed by atoms with Crippen LogP contribution in [0.3, 0.4) is 0 Å². The van der Waals surface area contributed by atoms with Crippen LogP contribution >= 0.6 is 0 Å². The summed E-state index contributed by atoms with van der Waals surface area (Å²) in [6.45, 7) is 6.95. The minimum Gasteiger partial charge on any atom is -0.454 e. The third-order valence-corrected chi connectivity index (χ3v) is 2.85. The Balaban J connectivity index is 1.84. The maximum Gasteiger partial charge on any atom is 0.231 e. The van der Waals surface area contributed by atoms with Crippen molar-refractivity contribution in [2.45, 2.75) is 20.5 Å². The van der Waals surface area contributed by atoms with E-state index < -0.39 is 0 Å². The maximum atomic E-state index is 5.76. The van der Waals surface area contributed by atoms with Crippen LogP contribution in [-0.4, -0.2) is 27.0 Å². The molecule has 0 spiro atoms. The lowest BCUT2D eigenvalue weighted by molar-refractivity contribution is 0.0521. The molecule has 1 N–H and O–H groups in total. The number of nitrogens with one attached hydrogen (secondary N) is 1. The van der Waals surface area contributed by atoms with Crippen molar-refractivity contribution in [2.75, 3.05) is 27.0 Å². The molecule has 0 saturated carbocycles. The molecule has 1 aromatic rings. The molecule has 0 aliphatic carbocycles. The van der Waals surface area contributed by atoms with E-state index in [9.17, 15) is 0 Å². The fraction of sp³-hybridized carbons (Fsp3) is 0.571. The first kappa shape index (κ1) is 13.2. The van der Waals surface area contributed by atoms with Gasteiger partial charge in [-0.3, -0.25) is 0 Å². The molecule has 0 aromatic heterocycles. The van der Waals surface area contributed by atoms with Gasteiger partial charge in [0.05, 0.1) is 13.2 Å². The number of fused-ring (bicyclic) bond motifs is 1. The summed E-state index contributed by atoms with van der Waals surface area (Å²) >= 11 is 0. The van der Waals surface area contributed by atoms with E-state index in [0.717, 1.165) is 30.2 Å². The van der Waals surface area contributed by atoms with E-state index >= 15 is 0 Å². The molecule has 1 aliphatic heterocycles. The molecule has 18 heavy (non-hydrogen) atoms. The molecule has 4 nitrogen and oxygen atoms in total. The van der Waals surface area contributed by atoms with Crippen LogP contribution in [0.25, 0.3) is 0 Å². The minimum absolute atomic E-state index is 0.144. The number of hydrogen-bond acceptors (Lipinski definition) is 4. The van der Waals surface area contributed by atoms with Gasteiger partial charge in [-0.2, -0.15) is 0 Å². The average molecular weight is 251 g/mol. The van der Waals surface area contributed by atoms with Gasteiger partial charge < -0.3 is 19.5 Å². The highest BCUT2D eigenvalue weighted by Gasteiger charge is 2.17. The second-order valence-electron chi connectivity index (χ2n) is 5.37. The van der Waals surface area contributed by atoms with E-state index in [2.05, 4.69) is 19.2 Å². The van der Waals surface area contributed by atoms with Gasteiger partial charge in [0, 0.05) is 12.0 Å². The van der Waals surface area contributed by atoms with Crippen LogP contribution in [-0.2, 0) is 11.3 Å². The molecule has 0 bridgehead atoms. The highest BCUT2D eigenvalue weighted by atomic mass is 16.7. The lowest BCUT2D eigenvalue weighted by Gasteiger charge is -2.23. The lowest BCUT2D eigenvalue weighted by atomic mass is 9.95. The van der Waals surface area contributed by atoms with Gasteiger partial charge in [-0.1, -0.05) is 19.9 Å². The molecular formula is C14H21NO3. The van der Waals surface area contributed by atoms with E-state index in [1.807, 2.05) is 25.2 Å². The summed E-state index contributed by atoms with van der Waals surface area (Å²) in [4.78, 5) is 0. The second-order valence-corrected chi connectivity index (χ2v) is 5.37. The molecule has 0 atom stereocenters. The predicted octanol–water partition coefficient (Wildman–Crippen LogP) is 2.18. The first-order valence-electron chi connectivity index (χ1n) is 6.22. The summed E-state index contributed by atoms with van der Waals surface area (Å²) in [6.07, 6.45) is 0. The van der Waals surface area contributed by atoms with Crippen molar-refractivity contribution in [3.8, 4) is 11.5 Å². The van der Waals surface area contributed by atoms with Gasteiger partial charge in [-0.15, -0.1) is 0 Å². The standard InChI is InChI=1S/C14H21NO3/c1-14(2,8-15-3)9-16-7-11-4-5-12-13(6-11)18-10-17-12/h4-6,15H,7-10H2,1-3H3. The first-order chi connectivity index (χ1) is 8.61. The molecule has 0 radical (unpaired) electrons. The molecule has 0 fully saturated rings. The van der Waals surface area contributed by atoms with Crippen LogP contribution in [0.15, 0.2) is 18.2 Å². The fourth-order valence-electron chi connectivity index (χ4n) is 2.01. The monoisotopic (exact) mass is 251 g/mol. The molecule has 2 rings (SSSR count). The maximum absolute atomic E-state index is 5.76. The molecule has 0 saturated heterocycles. The van der Waals surface area contributed by atoms with Crippen molar-refractivity contribution in [3.63, 3.8) is 0 Å². The quantitative estimate of drug-likeness (QED) is 0.841. The van der Waals surface area contributed by atoms with Crippen molar-refractivity contribution in [2.24, 2.45) is 5.41 Å². The largest absolute Gasteiger partial charge is 0.454 e. The molecule has 1 heterocycles. The molecule has 1 aliphatic rings. The molecule has 0 unspecified atom stereocenters. The Bertz CT molecular complexity index is 404. The van der Waals surface area contributed by atoms with Gasteiger partial charge in [-0.05, 0) is 24.7 Å². The van der Waals surface area contributed by atoms with E-state index in [4.69, 9.17) is 14.2 Å². The summed E-state index contributed by atoms with van der Waals surface area (Å²) in [7, 11) is 1.96. The third kappa shape index (κ3) is 3.37. The first-order valence-corrected chi connectivity index (χ1v) is 6.22. The lowest BCUT2D eigenvalue weighted by Crippen LogP contribution is -2.31. The Morgan fingerprint density at radius 2 is 2.06 bits per heavy atom. The topological polar surface area (TPSA) is 39.7 Å². The molecule has 100 valence electrons. The van der Waals surface area contributed by atoms with Crippen molar-refractivity contribution >= 4 is 0 Å². The van der Waals surface area contributed by atoms with Gasteiger partial charge in [0.2, 0.25) is 6.79 Å². The highest BCUT2D eigenvalue weighted by molar-refractivity contribution is 5.44. The van der Waals surface area contributed by atoms with Crippen LogP contribution in [0.1, 0.15) is 19.4 Å². The summed E-state index contributed by atoms with van der Waals surface area (Å²) in [5.41, 5.74) is 1.25. The van der Waals surface area contributed by atoms with Crippen LogP contribution < -0.4 is 14.8 Å². The van der Waals surface area contributed by atoms with Gasteiger partial charge in [0.15, 0.2) is 11.5 Å². The summed E-state index contributed by atoms with van der Waals surface area (Å²) < 4.78 is 16.4. The van der Waals surface area contributed by atoms with Crippen LogP contribution in [0, 0.1) is 5.41 Å². The summed E-state index contributed by atoms with van der Waals surface area (Å²) in [5, 5.41) is 3.17. The van der Waals surface area contributed by atoms with Crippen molar-refractivity contribution in [1.29, 1.82) is 0 Å². The predicted molar refractivity (Wildman–Crippen MR) is 69.9 cm³/mol. The van der Waals surface area contributed by atoms with E-state index in [1.165, 1.54) is 0 Å². The van der Waals surface area contributed by atoms with Gasteiger partial charge in [0.25, 0.3) is 0 Å². The van der Waals surface area contributed by atoms with E-state index in [-0.39, 0.29) is 5.41 Å². The zero-order valence-corrected chi connectivity index (χ0v) is 11.3. The third-order valence-electron chi connectivity index (χ3n) is 2.85. The number of hydrogen-bond donors (Lipinski definition) is 1. The van der Waals surface area contributed by atoms with E-state index in [0.29, 0.717) is 13.4 Å². The Hall–Kier alpha value is -1.26. The van der Waals surface area contributed by atoms with Gasteiger partial charge in [0.1, 0.15) is 0 Å². The van der Waals surface area contributed by atoms with Gasteiger partial charge in [-0.25, -0.2) is 0 Å². The zero-order chi connectivity index (χ0) is 13.0. The summed E-state index contributed by atoms with van der Waals surface area (Å²) in [6, 6.07) is 5.92. The van der Waals surface area contributed by atoms with Gasteiger partial charge >= 0.3 is 0 Å². The molecule has 0 amide bonds. The van der Waals surface area contributed by atoms with Crippen LogP contribution in [0.5, 0.6) is 11.5 Å². The number of benzene rings is 1. The van der Waals surface area contributed by atoms with Crippen molar-refractivity contribution in [3.05, 3.63) is 23.8 Å². The van der Waals surface area contributed by atoms with Crippen molar-refractivity contribution < 1.29 is 14.2 Å². The van der Waals surface area contributed by atoms with E-state index in [1.54, 1.807) is 0 Å². The normalized spacial score (nSPS) is 13.9. The Labute approximate surface area is 108 Å². The second kappa shape index (κ2) is 5.59. The zero-order valence-electron chi connectivity index (χ0n) is 11.3. The Morgan fingerprint density at radius 3 is 2.83 bits per heavy atom. The molecule has 1 aromatic carbocycles. The fourth-order valence-corrected chi connectivity index (χ4v) is 2.01. The minimum atomic E-state index is 0.144. The van der Waals surface area contributed by atoms with Crippen molar-refractivity contribution in [1.82, 2.24) is 5.32 Å². The van der Waals surface area contributed by atoms with Crippen LogP contribution in [0.4, 0.5) is 0 Å². The Kier molecular flexibility index (Phi) is 4.09. The van der Waals surface area contributed by atoms with Crippen LogP contribution in [0.2, 0.25) is 0 Å². The SMILES string of the molecule is CNCC(C)(C)COCc1ccc2c(c1)OCO2. The number of rotatable bonds is 6. The highest BCUT2D eigenvalue weighted by Crippen LogP contribution is 2.32. The average Bonchev–Trinajstić information content (AvgIpc) is 2.75. The Morgan fingerprint density at radius 1 is 1.28 bits per heavy atom. The number of ether oxygens (including phenoxy) is 3. The smallest absolute Gasteiger partial charge is 0.231 e. The summed E-state index contributed by atoms with van der Waals surface area (Å²) in [5.74, 6) is 1.62. The molecule has 4 heteroatoms. The molecular weight excluding hydrogens is 230 g/mol.